The molecule has 1 aliphatic carbocycles. The zero-order valence-electron chi connectivity index (χ0n) is 14.4. The fourth-order valence-corrected chi connectivity index (χ4v) is 3.04. The minimum atomic E-state index is -0.134. The Morgan fingerprint density at radius 1 is 1.12 bits per heavy atom. The lowest BCUT2D eigenvalue weighted by Crippen LogP contribution is -2.23. The van der Waals surface area contributed by atoms with Gasteiger partial charge in [0.05, 0.1) is 7.11 Å². The number of aromatic nitrogens is 1. The highest BCUT2D eigenvalue weighted by atomic mass is 16.5. The van der Waals surface area contributed by atoms with Crippen LogP contribution in [-0.4, -0.2) is 23.8 Å². The topological polar surface area (TPSA) is 68.3 Å². The average Bonchev–Trinajstić information content (AvgIpc) is 3.12. The van der Waals surface area contributed by atoms with Crippen LogP contribution < -0.4 is 10.1 Å². The molecule has 1 aromatic carbocycles. The first kappa shape index (κ1) is 17.1. The van der Waals surface area contributed by atoms with E-state index in [9.17, 15) is 9.59 Å². The van der Waals surface area contributed by atoms with Gasteiger partial charge in [0, 0.05) is 37.2 Å². The highest BCUT2D eigenvalue weighted by molar-refractivity contribution is 5.98. The van der Waals surface area contributed by atoms with E-state index in [1.165, 1.54) is 11.1 Å². The van der Waals surface area contributed by atoms with E-state index >= 15 is 0 Å². The SMILES string of the molecule is COc1ccc(CNC(=O)CCC(=O)c2ccc3c(c2)CCC3)cn1. The molecule has 1 aromatic heterocycles. The number of nitrogens with zero attached hydrogens (tertiary/aromatic N) is 1. The molecule has 1 aliphatic rings. The minimum Gasteiger partial charge on any atom is -0.481 e. The van der Waals surface area contributed by atoms with Crippen molar-refractivity contribution in [2.45, 2.75) is 38.6 Å². The van der Waals surface area contributed by atoms with Crippen LogP contribution in [0.5, 0.6) is 5.88 Å². The first-order valence-electron chi connectivity index (χ1n) is 8.56. The highest BCUT2D eigenvalue weighted by Gasteiger charge is 2.14. The van der Waals surface area contributed by atoms with E-state index in [1.54, 1.807) is 19.4 Å². The van der Waals surface area contributed by atoms with Crippen LogP contribution in [0.15, 0.2) is 36.5 Å². The van der Waals surface area contributed by atoms with Gasteiger partial charge in [-0.3, -0.25) is 9.59 Å². The summed E-state index contributed by atoms with van der Waals surface area (Å²) < 4.78 is 4.99. The number of fused-ring (bicyclic) bond motifs is 1. The molecule has 0 atom stereocenters. The number of hydrogen-bond donors (Lipinski definition) is 1. The molecule has 1 N–H and O–H groups in total. The fourth-order valence-electron chi connectivity index (χ4n) is 3.04. The molecule has 0 aliphatic heterocycles. The minimum absolute atomic E-state index is 0.0240. The first-order valence-corrected chi connectivity index (χ1v) is 8.56. The number of rotatable bonds is 7. The molecular weight excluding hydrogens is 316 g/mol. The monoisotopic (exact) mass is 338 g/mol. The summed E-state index contributed by atoms with van der Waals surface area (Å²) in [4.78, 5) is 28.3. The van der Waals surface area contributed by atoms with Gasteiger partial charge in [0.15, 0.2) is 5.78 Å². The fraction of sp³-hybridized carbons (Fsp3) is 0.350. The number of ether oxygens (including phenoxy) is 1. The normalized spacial score (nSPS) is 12.5. The molecular formula is C20H22N2O3. The number of Topliss-reactive ketones (excluding diaryl/α,β-unsaturated/α-hetero) is 1. The Morgan fingerprint density at radius 2 is 1.96 bits per heavy atom. The van der Waals surface area contributed by atoms with Crippen molar-refractivity contribution in [1.82, 2.24) is 10.3 Å². The molecule has 0 saturated carbocycles. The Balaban J connectivity index is 1.46. The number of ketones is 1. The number of aryl methyl sites for hydroxylation is 2. The van der Waals surface area contributed by atoms with Crippen molar-refractivity contribution in [3.05, 3.63) is 58.8 Å². The summed E-state index contributed by atoms with van der Waals surface area (Å²) in [5, 5.41) is 2.81. The Morgan fingerprint density at radius 3 is 2.72 bits per heavy atom. The van der Waals surface area contributed by atoms with Gasteiger partial charge in [-0.05, 0) is 42.0 Å². The lowest BCUT2D eigenvalue weighted by molar-refractivity contribution is -0.121. The van der Waals surface area contributed by atoms with Gasteiger partial charge < -0.3 is 10.1 Å². The van der Waals surface area contributed by atoms with Crippen LogP contribution in [0.4, 0.5) is 0 Å². The van der Waals surface area contributed by atoms with Crippen LogP contribution in [0.2, 0.25) is 0 Å². The summed E-state index contributed by atoms with van der Waals surface area (Å²) in [6, 6.07) is 9.52. The maximum atomic E-state index is 12.3. The number of carbonyl (C=O) groups excluding carboxylic acids is 2. The second kappa shape index (κ2) is 7.92. The van der Waals surface area contributed by atoms with Crippen molar-refractivity contribution in [3.63, 3.8) is 0 Å². The predicted octanol–water partition coefficient (Wildman–Crippen LogP) is 2.86. The number of carbonyl (C=O) groups is 2. The lowest BCUT2D eigenvalue weighted by atomic mass is 10.0. The summed E-state index contributed by atoms with van der Waals surface area (Å²) in [6.45, 7) is 0.392. The smallest absolute Gasteiger partial charge is 0.220 e. The summed E-state index contributed by atoms with van der Waals surface area (Å²) in [7, 11) is 1.56. The molecule has 0 spiro atoms. The van der Waals surface area contributed by atoms with Crippen LogP contribution >= 0.6 is 0 Å². The van der Waals surface area contributed by atoms with E-state index in [2.05, 4.69) is 10.3 Å². The van der Waals surface area contributed by atoms with Gasteiger partial charge in [-0.2, -0.15) is 0 Å². The van der Waals surface area contributed by atoms with Crippen molar-refractivity contribution in [2.24, 2.45) is 0 Å². The number of pyridine rings is 1. The molecule has 0 bridgehead atoms. The molecule has 0 fully saturated rings. The molecule has 25 heavy (non-hydrogen) atoms. The quantitative estimate of drug-likeness (QED) is 0.788. The molecule has 0 unspecified atom stereocenters. The summed E-state index contributed by atoms with van der Waals surface area (Å²) in [6.07, 6.45) is 5.40. The zero-order valence-corrected chi connectivity index (χ0v) is 14.4. The van der Waals surface area contributed by atoms with E-state index < -0.39 is 0 Å². The Kier molecular flexibility index (Phi) is 5.43. The maximum Gasteiger partial charge on any atom is 0.220 e. The Bertz CT molecular complexity index is 769. The van der Waals surface area contributed by atoms with E-state index in [1.807, 2.05) is 24.3 Å². The largest absolute Gasteiger partial charge is 0.481 e. The summed E-state index contributed by atoms with van der Waals surface area (Å²) in [5.74, 6) is 0.427. The molecule has 0 saturated heterocycles. The van der Waals surface area contributed by atoms with Crippen molar-refractivity contribution in [2.75, 3.05) is 7.11 Å². The second-order valence-electron chi connectivity index (χ2n) is 6.25. The first-order chi connectivity index (χ1) is 12.2. The third-order valence-electron chi connectivity index (χ3n) is 4.50. The Hall–Kier alpha value is -2.69. The van der Waals surface area contributed by atoms with Gasteiger partial charge >= 0.3 is 0 Å². The third kappa shape index (κ3) is 4.44. The number of methoxy groups -OCH3 is 1. The van der Waals surface area contributed by atoms with Gasteiger partial charge in [-0.15, -0.1) is 0 Å². The van der Waals surface area contributed by atoms with Gasteiger partial charge in [0.1, 0.15) is 0 Å². The molecule has 5 heteroatoms. The summed E-state index contributed by atoms with van der Waals surface area (Å²) in [5.41, 5.74) is 4.23. The average molecular weight is 338 g/mol. The van der Waals surface area contributed by atoms with E-state index in [0.717, 1.165) is 24.8 Å². The van der Waals surface area contributed by atoms with Crippen LogP contribution in [0.3, 0.4) is 0 Å². The van der Waals surface area contributed by atoms with E-state index in [0.29, 0.717) is 18.0 Å². The van der Waals surface area contributed by atoms with Gasteiger partial charge in [-0.1, -0.05) is 18.2 Å². The summed E-state index contributed by atoms with van der Waals surface area (Å²) >= 11 is 0. The van der Waals surface area contributed by atoms with Crippen molar-refractivity contribution >= 4 is 11.7 Å². The van der Waals surface area contributed by atoms with Crippen LogP contribution in [0.25, 0.3) is 0 Å². The number of nitrogens with one attached hydrogen (secondary N) is 1. The maximum absolute atomic E-state index is 12.3. The predicted molar refractivity (Wildman–Crippen MR) is 94.7 cm³/mol. The molecule has 130 valence electrons. The standard InChI is InChI=1S/C20H22N2O3/c1-25-20-10-5-14(13-22-20)12-21-19(24)9-8-18(23)17-7-6-15-3-2-4-16(15)11-17/h5-7,10-11,13H,2-4,8-9,12H2,1H3,(H,21,24). The van der Waals surface area contributed by atoms with Gasteiger partial charge in [0.2, 0.25) is 11.8 Å². The molecule has 1 amide bonds. The van der Waals surface area contributed by atoms with Gasteiger partial charge in [0.25, 0.3) is 0 Å². The second-order valence-corrected chi connectivity index (χ2v) is 6.25. The van der Waals surface area contributed by atoms with Gasteiger partial charge in [-0.25, -0.2) is 4.98 Å². The van der Waals surface area contributed by atoms with Crippen molar-refractivity contribution in [1.29, 1.82) is 0 Å². The van der Waals surface area contributed by atoms with E-state index in [-0.39, 0.29) is 24.5 Å². The zero-order chi connectivity index (χ0) is 17.6. The van der Waals surface area contributed by atoms with Crippen molar-refractivity contribution in [3.8, 4) is 5.88 Å². The molecule has 3 rings (SSSR count). The molecule has 2 aromatic rings. The van der Waals surface area contributed by atoms with Crippen LogP contribution in [-0.2, 0) is 24.2 Å². The van der Waals surface area contributed by atoms with E-state index in [4.69, 9.17) is 4.74 Å². The molecule has 1 heterocycles. The number of hydrogen-bond acceptors (Lipinski definition) is 4. The lowest BCUT2D eigenvalue weighted by Gasteiger charge is -2.07. The Labute approximate surface area is 147 Å². The molecule has 0 radical (unpaired) electrons. The highest BCUT2D eigenvalue weighted by Crippen LogP contribution is 2.23. The molecule has 5 nitrogen and oxygen atoms in total. The van der Waals surface area contributed by atoms with Crippen LogP contribution in [0.1, 0.15) is 46.3 Å². The number of amides is 1. The third-order valence-corrected chi connectivity index (χ3v) is 4.50. The van der Waals surface area contributed by atoms with Crippen molar-refractivity contribution < 1.29 is 14.3 Å². The van der Waals surface area contributed by atoms with Crippen LogP contribution in [0, 0.1) is 0 Å². The number of benzene rings is 1.